The number of aliphatic hydroxyl groups excluding tert-OH is 2. The van der Waals surface area contributed by atoms with Gasteiger partial charge in [0.25, 0.3) is 0 Å². The predicted octanol–water partition coefficient (Wildman–Crippen LogP) is -0.237. The van der Waals surface area contributed by atoms with Gasteiger partial charge in [-0.1, -0.05) is 6.92 Å². The maximum Gasteiger partial charge on any atom is 0.0700 e. The van der Waals surface area contributed by atoms with Crippen molar-refractivity contribution in [3.63, 3.8) is 0 Å². The Bertz CT molecular complexity index is 143. The lowest BCUT2D eigenvalue weighted by molar-refractivity contribution is 0.0623. The molecule has 0 aliphatic carbocycles. The first-order chi connectivity index (χ1) is 7.74. The summed E-state index contributed by atoms with van der Waals surface area (Å²) in [5, 5.41) is 21.5. The zero-order chi connectivity index (χ0) is 12.3. The van der Waals surface area contributed by atoms with Gasteiger partial charge in [-0.15, -0.1) is 0 Å². The predicted molar refractivity (Wildman–Crippen MR) is 62.5 cm³/mol. The molecule has 0 aromatic carbocycles. The van der Waals surface area contributed by atoms with E-state index in [1.165, 1.54) is 0 Å². The molecule has 0 fully saturated rings. The zero-order valence-electron chi connectivity index (χ0n) is 10.4. The topological polar surface area (TPSA) is 71.0 Å². The first kappa shape index (κ1) is 15.8. The third-order valence-electron chi connectivity index (χ3n) is 2.68. The lowest BCUT2D eigenvalue weighted by atomic mass is 9.98. The summed E-state index contributed by atoms with van der Waals surface area (Å²) in [5.74, 6) is 0. The fraction of sp³-hybridized carbons (Fsp3) is 1.00. The number of methoxy groups -OCH3 is 1. The Kier molecular flexibility index (Phi) is 9.86. The van der Waals surface area contributed by atoms with Crippen LogP contribution in [0.5, 0.6) is 0 Å². The fourth-order valence-electron chi connectivity index (χ4n) is 1.28. The molecule has 0 rings (SSSR count). The summed E-state index contributed by atoms with van der Waals surface area (Å²) >= 11 is 0. The standard InChI is InChI=1S/C11H25NO4/c1-3-11(9-13,10-14)12-5-4-6-16-8-7-15-2/h12-14H,3-10H2,1-2H3. The van der Waals surface area contributed by atoms with E-state index in [0.29, 0.717) is 26.2 Å². The molecule has 16 heavy (non-hydrogen) atoms. The average Bonchev–Trinajstić information content (AvgIpc) is 2.34. The Morgan fingerprint density at radius 1 is 1.12 bits per heavy atom. The van der Waals surface area contributed by atoms with Crippen molar-refractivity contribution in [2.24, 2.45) is 0 Å². The summed E-state index contributed by atoms with van der Waals surface area (Å²) in [5.41, 5.74) is -0.549. The van der Waals surface area contributed by atoms with E-state index >= 15 is 0 Å². The van der Waals surface area contributed by atoms with Crippen molar-refractivity contribution in [2.45, 2.75) is 25.3 Å². The molecule has 0 saturated carbocycles. The van der Waals surface area contributed by atoms with Crippen LogP contribution in [-0.2, 0) is 9.47 Å². The molecular formula is C11H25NO4. The molecule has 0 spiro atoms. The highest BCUT2D eigenvalue weighted by molar-refractivity contribution is 4.84. The van der Waals surface area contributed by atoms with Gasteiger partial charge in [0, 0.05) is 13.7 Å². The van der Waals surface area contributed by atoms with Gasteiger partial charge >= 0.3 is 0 Å². The quantitative estimate of drug-likeness (QED) is 0.431. The Morgan fingerprint density at radius 3 is 2.31 bits per heavy atom. The molecular weight excluding hydrogens is 210 g/mol. The van der Waals surface area contributed by atoms with Crippen LogP contribution < -0.4 is 5.32 Å². The van der Waals surface area contributed by atoms with Crippen molar-refractivity contribution >= 4 is 0 Å². The molecule has 0 aromatic heterocycles. The number of rotatable bonds is 11. The van der Waals surface area contributed by atoms with Crippen molar-refractivity contribution < 1.29 is 19.7 Å². The van der Waals surface area contributed by atoms with Gasteiger partial charge in [-0.2, -0.15) is 0 Å². The summed E-state index contributed by atoms with van der Waals surface area (Å²) in [7, 11) is 1.64. The molecule has 98 valence electrons. The van der Waals surface area contributed by atoms with E-state index in [0.717, 1.165) is 13.0 Å². The smallest absolute Gasteiger partial charge is 0.0700 e. The maximum absolute atomic E-state index is 9.18. The molecule has 0 aliphatic heterocycles. The van der Waals surface area contributed by atoms with E-state index in [1.807, 2.05) is 6.92 Å². The largest absolute Gasteiger partial charge is 0.394 e. The van der Waals surface area contributed by atoms with Gasteiger partial charge in [0.1, 0.15) is 0 Å². The third-order valence-corrected chi connectivity index (χ3v) is 2.68. The van der Waals surface area contributed by atoms with E-state index in [-0.39, 0.29) is 13.2 Å². The highest BCUT2D eigenvalue weighted by Gasteiger charge is 2.24. The average molecular weight is 235 g/mol. The van der Waals surface area contributed by atoms with Crippen LogP contribution in [0.4, 0.5) is 0 Å². The number of hydrogen-bond donors (Lipinski definition) is 3. The van der Waals surface area contributed by atoms with E-state index in [2.05, 4.69) is 5.32 Å². The van der Waals surface area contributed by atoms with E-state index < -0.39 is 5.54 Å². The zero-order valence-corrected chi connectivity index (χ0v) is 10.4. The van der Waals surface area contributed by atoms with E-state index in [9.17, 15) is 10.2 Å². The van der Waals surface area contributed by atoms with Crippen LogP contribution >= 0.6 is 0 Å². The minimum Gasteiger partial charge on any atom is -0.394 e. The van der Waals surface area contributed by atoms with E-state index in [4.69, 9.17) is 9.47 Å². The number of aliphatic hydroxyl groups is 2. The number of ether oxygens (including phenoxy) is 2. The minimum absolute atomic E-state index is 0.0511. The normalized spacial score (nSPS) is 12.0. The Labute approximate surface area is 97.8 Å². The Hall–Kier alpha value is -0.200. The SMILES string of the molecule is CCC(CO)(CO)NCCCOCCOC. The first-order valence-electron chi connectivity index (χ1n) is 5.78. The second kappa shape index (κ2) is 9.99. The Balaban J connectivity index is 3.48. The van der Waals surface area contributed by atoms with Crippen LogP contribution in [0.2, 0.25) is 0 Å². The first-order valence-corrected chi connectivity index (χ1v) is 5.78. The monoisotopic (exact) mass is 235 g/mol. The minimum atomic E-state index is -0.549. The third kappa shape index (κ3) is 6.40. The molecule has 0 aromatic rings. The molecule has 0 heterocycles. The fourth-order valence-corrected chi connectivity index (χ4v) is 1.28. The molecule has 5 heteroatoms. The second-order valence-electron chi connectivity index (χ2n) is 3.84. The Morgan fingerprint density at radius 2 is 1.81 bits per heavy atom. The van der Waals surface area contributed by atoms with Crippen molar-refractivity contribution in [3.05, 3.63) is 0 Å². The van der Waals surface area contributed by atoms with E-state index in [1.54, 1.807) is 7.11 Å². The summed E-state index contributed by atoms with van der Waals surface area (Å²) in [6.07, 6.45) is 1.55. The van der Waals surface area contributed by atoms with Crippen LogP contribution in [0.25, 0.3) is 0 Å². The molecule has 0 amide bonds. The van der Waals surface area contributed by atoms with Gasteiger partial charge in [-0.25, -0.2) is 0 Å². The van der Waals surface area contributed by atoms with Gasteiger partial charge in [0.2, 0.25) is 0 Å². The van der Waals surface area contributed by atoms with Crippen molar-refractivity contribution in [2.75, 3.05) is 46.7 Å². The molecule has 0 saturated heterocycles. The van der Waals surface area contributed by atoms with Crippen molar-refractivity contribution in [1.29, 1.82) is 0 Å². The summed E-state index contributed by atoms with van der Waals surface area (Å²) in [6.45, 7) is 4.44. The molecule has 0 atom stereocenters. The summed E-state index contributed by atoms with van der Waals surface area (Å²) in [4.78, 5) is 0. The number of hydrogen-bond acceptors (Lipinski definition) is 5. The van der Waals surface area contributed by atoms with Gasteiger partial charge in [0.05, 0.1) is 32.0 Å². The molecule has 5 nitrogen and oxygen atoms in total. The van der Waals surface area contributed by atoms with Gasteiger partial charge in [-0.05, 0) is 19.4 Å². The molecule has 0 bridgehead atoms. The second-order valence-corrected chi connectivity index (χ2v) is 3.84. The van der Waals surface area contributed by atoms with Gasteiger partial charge in [0.15, 0.2) is 0 Å². The highest BCUT2D eigenvalue weighted by Crippen LogP contribution is 2.07. The van der Waals surface area contributed by atoms with Crippen LogP contribution in [-0.4, -0.2) is 62.4 Å². The van der Waals surface area contributed by atoms with Crippen LogP contribution in [0.1, 0.15) is 19.8 Å². The summed E-state index contributed by atoms with van der Waals surface area (Å²) in [6, 6.07) is 0. The van der Waals surface area contributed by atoms with Crippen LogP contribution in [0.3, 0.4) is 0 Å². The molecule has 0 aliphatic rings. The van der Waals surface area contributed by atoms with Crippen molar-refractivity contribution in [1.82, 2.24) is 5.32 Å². The highest BCUT2D eigenvalue weighted by atomic mass is 16.5. The lowest BCUT2D eigenvalue weighted by Crippen LogP contribution is -2.51. The summed E-state index contributed by atoms with van der Waals surface area (Å²) < 4.78 is 10.1. The molecule has 0 radical (unpaired) electrons. The van der Waals surface area contributed by atoms with Gasteiger partial charge in [-0.3, -0.25) is 0 Å². The lowest BCUT2D eigenvalue weighted by Gasteiger charge is -2.29. The van der Waals surface area contributed by atoms with Gasteiger partial charge < -0.3 is 25.0 Å². The van der Waals surface area contributed by atoms with Crippen molar-refractivity contribution in [3.8, 4) is 0 Å². The van der Waals surface area contributed by atoms with Crippen LogP contribution in [0.15, 0.2) is 0 Å². The number of nitrogens with one attached hydrogen (secondary N) is 1. The maximum atomic E-state index is 9.18. The molecule has 0 unspecified atom stereocenters. The van der Waals surface area contributed by atoms with Crippen LogP contribution in [0, 0.1) is 0 Å². The molecule has 3 N–H and O–H groups in total.